The molecule has 0 aliphatic carbocycles. The monoisotopic (exact) mass is 398 g/mol. The number of carbonyl (C=O) groups is 1. The van der Waals surface area contributed by atoms with Gasteiger partial charge in [-0.2, -0.15) is 0 Å². The molecule has 20 heavy (non-hydrogen) atoms. The summed E-state index contributed by atoms with van der Waals surface area (Å²) in [5, 5.41) is 0. The third-order valence-electron chi connectivity index (χ3n) is 2.81. The van der Waals surface area contributed by atoms with Gasteiger partial charge < -0.3 is 9.47 Å². The van der Waals surface area contributed by atoms with Gasteiger partial charge in [0.15, 0.2) is 0 Å². The van der Waals surface area contributed by atoms with Crippen LogP contribution in [0.3, 0.4) is 0 Å². The van der Waals surface area contributed by atoms with Gasteiger partial charge in [-0.15, -0.1) is 0 Å². The van der Waals surface area contributed by atoms with Gasteiger partial charge >= 0.3 is 0 Å². The predicted molar refractivity (Wildman–Crippen MR) is 84.8 cm³/mol. The zero-order chi connectivity index (χ0) is 14.7. The summed E-state index contributed by atoms with van der Waals surface area (Å²) in [6, 6.07) is 10.6. The highest BCUT2D eigenvalue weighted by atomic mass is 79.9. The van der Waals surface area contributed by atoms with Crippen molar-refractivity contribution in [2.75, 3.05) is 14.2 Å². The maximum Gasteiger partial charge on any atom is 0.200 e. The summed E-state index contributed by atoms with van der Waals surface area (Å²) in [4.78, 5) is 12.7. The zero-order valence-corrected chi connectivity index (χ0v) is 14.1. The van der Waals surface area contributed by atoms with E-state index in [1.165, 1.54) is 7.11 Å². The molecule has 0 fully saturated rings. The minimum atomic E-state index is -0.146. The smallest absolute Gasteiger partial charge is 0.200 e. The van der Waals surface area contributed by atoms with E-state index in [9.17, 15) is 4.79 Å². The third-order valence-corrected chi connectivity index (χ3v) is 3.80. The van der Waals surface area contributed by atoms with Crippen LogP contribution < -0.4 is 9.47 Å². The number of ether oxygens (including phenoxy) is 2. The van der Waals surface area contributed by atoms with Crippen molar-refractivity contribution in [3.8, 4) is 11.5 Å². The number of carbonyl (C=O) groups excluding carboxylic acids is 1. The second kappa shape index (κ2) is 6.41. The molecule has 2 aromatic rings. The molecule has 3 nitrogen and oxygen atoms in total. The third kappa shape index (κ3) is 3.04. The van der Waals surface area contributed by atoms with Gasteiger partial charge in [0.25, 0.3) is 0 Å². The molecule has 0 spiro atoms. The normalized spacial score (nSPS) is 10.2. The lowest BCUT2D eigenvalue weighted by molar-refractivity contribution is 0.103. The Morgan fingerprint density at radius 1 is 0.850 bits per heavy atom. The second-order valence-electron chi connectivity index (χ2n) is 4.02. The largest absolute Gasteiger partial charge is 0.496 e. The van der Waals surface area contributed by atoms with Gasteiger partial charge in [-0.05, 0) is 36.4 Å². The molecule has 0 N–H and O–H groups in total. The van der Waals surface area contributed by atoms with Crippen molar-refractivity contribution < 1.29 is 14.3 Å². The standard InChI is InChI=1S/C15H12Br2O3/c1-19-13-6-4-9(16)7-12(13)15(18)11-5-3-10(17)8-14(11)20-2/h3-8H,1-2H3. The first-order chi connectivity index (χ1) is 9.56. The molecule has 0 bridgehead atoms. The van der Waals surface area contributed by atoms with E-state index < -0.39 is 0 Å². The van der Waals surface area contributed by atoms with Crippen LogP contribution in [-0.4, -0.2) is 20.0 Å². The van der Waals surface area contributed by atoms with Crippen LogP contribution in [0, 0.1) is 0 Å². The van der Waals surface area contributed by atoms with E-state index in [-0.39, 0.29) is 5.78 Å². The highest BCUT2D eigenvalue weighted by Crippen LogP contribution is 2.30. The van der Waals surface area contributed by atoms with Gasteiger partial charge in [0, 0.05) is 8.95 Å². The Morgan fingerprint density at radius 2 is 1.45 bits per heavy atom. The van der Waals surface area contributed by atoms with Gasteiger partial charge in [0.1, 0.15) is 11.5 Å². The van der Waals surface area contributed by atoms with Crippen molar-refractivity contribution in [3.63, 3.8) is 0 Å². The number of hydrogen-bond acceptors (Lipinski definition) is 3. The van der Waals surface area contributed by atoms with Crippen molar-refractivity contribution in [2.24, 2.45) is 0 Å². The van der Waals surface area contributed by atoms with Gasteiger partial charge in [0.05, 0.1) is 25.3 Å². The molecule has 5 heteroatoms. The van der Waals surface area contributed by atoms with Crippen LogP contribution >= 0.6 is 31.9 Å². The molecule has 0 atom stereocenters. The quantitative estimate of drug-likeness (QED) is 0.712. The van der Waals surface area contributed by atoms with E-state index >= 15 is 0 Å². The molecular weight excluding hydrogens is 388 g/mol. The maximum atomic E-state index is 12.7. The summed E-state index contributed by atoms with van der Waals surface area (Å²) in [7, 11) is 3.08. The molecule has 0 aliphatic heterocycles. The Kier molecular flexibility index (Phi) is 4.83. The van der Waals surface area contributed by atoms with Crippen molar-refractivity contribution in [3.05, 3.63) is 56.5 Å². The summed E-state index contributed by atoms with van der Waals surface area (Å²) >= 11 is 6.73. The predicted octanol–water partition coefficient (Wildman–Crippen LogP) is 4.46. The molecule has 0 saturated heterocycles. The van der Waals surface area contributed by atoms with Crippen LogP contribution in [-0.2, 0) is 0 Å². The lowest BCUT2D eigenvalue weighted by Crippen LogP contribution is -2.06. The van der Waals surface area contributed by atoms with Gasteiger partial charge in [-0.3, -0.25) is 4.79 Å². The van der Waals surface area contributed by atoms with E-state index in [0.717, 1.165) is 8.95 Å². The first-order valence-electron chi connectivity index (χ1n) is 5.78. The number of rotatable bonds is 4. The van der Waals surface area contributed by atoms with E-state index in [0.29, 0.717) is 22.6 Å². The number of halogens is 2. The van der Waals surface area contributed by atoms with Crippen molar-refractivity contribution in [2.45, 2.75) is 0 Å². The Balaban J connectivity index is 2.54. The second-order valence-corrected chi connectivity index (χ2v) is 5.85. The maximum absolute atomic E-state index is 12.7. The molecule has 2 aromatic carbocycles. The molecule has 0 aliphatic rings. The minimum Gasteiger partial charge on any atom is -0.496 e. The molecule has 0 radical (unpaired) electrons. The highest BCUT2D eigenvalue weighted by molar-refractivity contribution is 9.10. The molecule has 0 amide bonds. The van der Waals surface area contributed by atoms with Crippen molar-refractivity contribution in [1.82, 2.24) is 0 Å². The number of benzene rings is 2. The number of ketones is 1. The van der Waals surface area contributed by atoms with E-state index in [1.54, 1.807) is 37.4 Å². The van der Waals surface area contributed by atoms with Gasteiger partial charge in [-0.1, -0.05) is 31.9 Å². The fourth-order valence-corrected chi connectivity index (χ4v) is 2.56. The van der Waals surface area contributed by atoms with Gasteiger partial charge in [0.2, 0.25) is 5.78 Å². The van der Waals surface area contributed by atoms with Crippen LogP contribution in [0.2, 0.25) is 0 Å². The lowest BCUT2D eigenvalue weighted by Gasteiger charge is -2.11. The van der Waals surface area contributed by atoms with E-state index in [1.807, 2.05) is 6.07 Å². The van der Waals surface area contributed by atoms with Gasteiger partial charge in [-0.25, -0.2) is 0 Å². The Hall–Kier alpha value is -1.33. The fraction of sp³-hybridized carbons (Fsp3) is 0.133. The van der Waals surface area contributed by atoms with E-state index in [2.05, 4.69) is 31.9 Å². The van der Waals surface area contributed by atoms with Crippen LogP contribution in [0.15, 0.2) is 45.3 Å². The average molecular weight is 400 g/mol. The van der Waals surface area contributed by atoms with E-state index in [4.69, 9.17) is 9.47 Å². The molecular formula is C15H12Br2O3. The number of hydrogen-bond donors (Lipinski definition) is 0. The minimum absolute atomic E-state index is 0.146. The molecule has 2 rings (SSSR count). The molecule has 0 unspecified atom stereocenters. The van der Waals surface area contributed by atoms with Crippen LogP contribution in [0.25, 0.3) is 0 Å². The summed E-state index contributed by atoms with van der Waals surface area (Å²) in [5.74, 6) is 0.905. The summed E-state index contributed by atoms with van der Waals surface area (Å²) in [6.07, 6.45) is 0. The Bertz CT molecular complexity index is 654. The van der Waals surface area contributed by atoms with Crippen LogP contribution in [0.5, 0.6) is 11.5 Å². The fourth-order valence-electron chi connectivity index (χ4n) is 1.86. The topological polar surface area (TPSA) is 35.5 Å². The first-order valence-corrected chi connectivity index (χ1v) is 7.37. The van der Waals surface area contributed by atoms with Crippen molar-refractivity contribution in [1.29, 1.82) is 0 Å². The van der Waals surface area contributed by atoms with Crippen LogP contribution in [0.4, 0.5) is 0 Å². The Morgan fingerprint density at radius 3 is 2.10 bits per heavy atom. The molecule has 104 valence electrons. The lowest BCUT2D eigenvalue weighted by atomic mass is 10.0. The molecule has 0 aromatic heterocycles. The molecule has 0 heterocycles. The number of methoxy groups -OCH3 is 2. The molecule has 0 saturated carbocycles. The summed E-state index contributed by atoms with van der Waals surface area (Å²) in [5.41, 5.74) is 0.981. The Labute approximate surface area is 134 Å². The summed E-state index contributed by atoms with van der Waals surface area (Å²) in [6.45, 7) is 0. The summed E-state index contributed by atoms with van der Waals surface area (Å²) < 4.78 is 12.2. The SMILES string of the molecule is COc1cc(Br)ccc1C(=O)c1cc(Br)ccc1OC. The van der Waals surface area contributed by atoms with Crippen LogP contribution in [0.1, 0.15) is 15.9 Å². The average Bonchev–Trinajstić information content (AvgIpc) is 2.46. The van der Waals surface area contributed by atoms with Crippen molar-refractivity contribution >= 4 is 37.6 Å². The first kappa shape index (κ1) is 15.1. The zero-order valence-electron chi connectivity index (χ0n) is 10.9. The highest BCUT2D eigenvalue weighted by Gasteiger charge is 2.19.